The minimum atomic E-state index is -0.178. The van der Waals surface area contributed by atoms with Crippen LogP contribution in [0.2, 0.25) is 0 Å². The van der Waals surface area contributed by atoms with E-state index in [2.05, 4.69) is 207 Å². The fourth-order valence-electron chi connectivity index (χ4n) is 12.9. The molecule has 0 fully saturated rings. The van der Waals surface area contributed by atoms with Crippen molar-refractivity contribution in [3.63, 3.8) is 0 Å². The molecule has 0 atom stereocenters. The molecule has 4 heterocycles. The lowest BCUT2D eigenvalue weighted by Gasteiger charge is -2.48. The molecular weight excluding hydrogens is 816 g/mol. The van der Waals surface area contributed by atoms with Gasteiger partial charge in [-0.15, -0.1) is 0 Å². The van der Waals surface area contributed by atoms with E-state index in [1.165, 1.54) is 67.8 Å². The van der Waals surface area contributed by atoms with Crippen LogP contribution >= 0.6 is 0 Å². The molecule has 2 aliphatic carbocycles. The van der Waals surface area contributed by atoms with Crippen LogP contribution in [0.15, 0.2) is 130 Å². The van der Waals surface area contributed by atoms with Gasteiger partial charge in [-0.1, -0.05) is 137 Å². The molecule has 7 aromatic carbocycles. The number of hydrogen-bond donors (Lipinski definition) is 0. The number of nitrogens with zero attached hydrogens (tertiary/aromatic N) is 2. The highest BCUT2D eigenvalue weighted by atomic mass is 16.3. The number of rotatable bonds is 2. The number of fused-ring (bicyclic) bond motifs is 13. The van der Waals surface area contributed by atoms with Gasteiger partial charge in [-0.3, -0.25) is 0 Å². The molecule has 5 heteroatoms. The van der Waals surface area contributed by atoms with Gasteiger partial charge in [0, 0.05) is 67.2 Å². The fraction of sp³-hybridized carbons (Fsp3) is 0.323. The lowest BCUT2D eigenvalue weighted by molar-refractivity contribution is 0.332. The molecule has 4 aliphatic rings. The Morgan fingerprint density at radius 3 is 1.70 bits per heavy atom. The van der Waals surface area contributed by atoms with E-state index in [1.807, 2.05) is 0 Å². The first-order valence-electron chi connectivity index (χ1n) is 24.8. The van der Waals surface area contributed by atoms with Crippen LogP contribution in [0, 0.1) is 0 Å². The van der Waals surface area contributed by atoms with Crippen LogP contribution in [0.1, 0.15) is 130 Å². The standard InChI is InChI=1S/C62H61BN2O2/c1-58(2,3)36-20-22-37(23-21-36)65-49-35-54-41(39-16-12-14-18-52(39)66-54)31-43(49)55-56-51(32-42-40-17-13-15-19-53(40)67-57(42)55)64(38-24-25-44-45(30-38)60(6,7)27-26-59(44,4)5)50-34-47-46(33-48(50)63(56)65)61(8,9)28-29-62(47,10)11/h12-25,30-35H,26-29H2,1-11H3. The Labute approximate surface area is 396 Å². The van der Waals surface area contributed by atoms with E-state index >= 15 is 0 Å². The second kappa shape index (κ2) is 13.3. The van der Waals surface area contributed by atoms with Crippen LogP contribution in [-0.4, -0.2) is 6.85 Å². The average Bonchev–Trinajstić information content (AvgIpc) is 3.86. The number of furan rings is 2. The van der Waals surface area contributed by atoms with Crippen LogP contribution < -0.4 is 20.6 Å². The predicted octanol–water partition coefficient (Wildman–Crippen LogP) is 16.2. The van der Waals surface area contributed by atoms with E-state index in [0.29, 0.717) is 0 Å². The van der Waals surface area contributed by atoms with E-state index in [4.69, 9.17) is 8.83 Å². The maximum Gasteiger partial charge on any atom is 0.333 e. The maximum absolute atomic E-state index is 7.20. The highest BCUT2D eigenvalue weighted by Crippen LogP contribution is 2.55. The summed E-state index contributed by atoms with van der Waals surface area (Å²) < 4.78 is 14.0. The van der Waals surface area contributed by atoms with Crippen LogP contribution in [0.3, 0.4) is 0 Å². The van der Waals surface area contributed by atoms with Crippen molar-refractivity contribution in [2.24, 2.45) is 0 Å². The zero-order chi connectivity index (χ0) is 46.3. The molecule has 0 radical (unpaired) electrons. The third kappa shape index (κ3) is 5.73. The van der Waals surface area contributed by atoms with Gasteiger partial charge in [0.1, 0.15) is 22.3 Å². The van der Waals surface area contributed by atoms with Crippen LogP contribution in [0.4, 0.5) is 28.4 Å². The molecule has 2 aliphatic heterocycles. The van der Waals surface area contributed by atoms with Crippen LogP contribution in [-0.2, 0) is 27.1 Å². The Kier molecular flexibility index (Phi) is 8.13. The third-order valence-electron chi connectivity index (χ3n) is 17.1. The second-order valence-corrected chi connectivity index (χ2v) is 24.2. The number of anilines is 5. The van der Waals surface area contributed by atoms with Gasteiger partial charge in [0.25, 0.3) is 0 Å². The molecule has 67 heavy (non-hydrogen) atoms. The molecule has 0 saturated carbocycles. The molecule has 0 bridgehead atoms. The Morgan fingerprint density at radius 1 is 0.478 bits per heavy atom. The summed E-state index contributed by atoms with van der Waals surface area (Å²) in [6.07, 6.45) is 4.63. The van der Waals surface area contributed by atoms with Gasteiger partial charge < -0.3 is 18.5 Å². The summed E-state index contributed by atoms with van der Waals surface area (Å²) in [6.45, 7) is 26.4. The molecule has 4 nitrogen and oxygen atoms in total. The van der Waals surface area contributed by atoms with Crippen molar-refractivity contribution in [3.05, 3.63) is 149 Å². The van der Waals surface area contributed by atoms with Crippen molar-refractivity contribution < 1.29 is 8.83 Å². The summed E-state index contributed by atoms with van der Waals surface area (Å²) in [4.78, 5) is 5.32. The zero-order valence-corrected chi connectivity index (χ0v) is 41.2. The summed E-state index contributed by atoms with van der Waals surface area (Å²) in [5, 5.41) is 4.51. The highest BCUT2D eigenvalue weighted by molar-refractivity contribution is 6.94. The van der Waals surface area contributed by atoms with E-state index in [-0.39, 0.29) is 33.9 Å². The Bertz CT molecular complexity index is 3590. The molecule has 9 aromatic rings. The Hall–Kier alpha value is -6.20. The first kappa shape index (κ1) is 41.0. The first-order chi connectivity index (χ1) is 31.8. The topological polar surface area (TPSA) is 32.8 Å². The highest BCUT2D eigenvalue weighted by Gasteiger charge is 2.49. The monoisotopic (exact) mass is 876 g/mol. The van der Waals surface area contributed by atoms with Crippen LogP contribution in [0.25, 0.3) is 55.0 Å². The van der Waals surface area contributed by atoms with Crippen molar-refractivity contribution in [1.29, 1.82) is 0 Å². The number of benzene rings is 7. The lowest BCUT2D eigenvalue weighted by Crippen LogP contribution is -2.62. The van der Waals surface area contributed by atoms with E-state index < -0.39 is 0 Å². The smallest absolute Gasteiger partial charge is 0.333 e. The van der Waals surface area contributed by atoms with Crippen LogP contribution in [0.5, 0.6) is 0 Å². The first-order valence-corrected chi connectivity index (χ1v) is 24.8. The second-order valence-electron chi connectivity index (χ2n) is 24.2. The zero-order valence-electron chi connectivity index (χ0n) is 41.2. The van der Waals surface area contributed by atoms with Crippen molar-refractivity contribution in [3.8, 4) is 11.1 Å². The van der Waals surface area contributed by atoms with Gasteiger partial charge >= 0.3 is 6.85 Å². The molecule has 0 amide bonds. The van der Waals surface area contributed by atoms with E-state index in [0.717, 1.165) is 80.1 Å². The molecule has 334 valence electrons. The van der Waals surface area contributed by atoms with Gasteiger partial charge in [0.15, 0.2) is 0 Å². The molecule has 0 N–H and O–H groups in total. The van der Waals surface area contributed by atoms with Crippen molar-refractivity contribution >= 4 is 90.1 Å². The van der Waals surface area contributed by atoms with E-state index in [1.54, 1.807) is 0 Å². The largest absolute Gasteiger partial charge is 0.456 e. The SMILES string of the molecule is CC(C)(C)c1ccc(N2B3c4cc5c(cc4N(c4ccc6c(c4)C(C)(C)CCC6(C)C)c4cc6c(oc7ccccc76)c(c43)-c3cc4c(cc32)oc2ccccc24)C(C)(C)CCC5(C)C)cc1. The molecular formula is C62H61BN2O2. The predicted molar refractivity (Wildman–Crippen MR) is 284 cm³/mol. The maximum atomic E-state index is 7.20. The number of para-hydroxylation sites is 2. The summed E-state index contributed by atoms with van der Waals surface area (Å²) in [7, 11) is 0. The minimum Gasteiger partial charge on any atom is -0.456 e. The van der Waals surface area contributed by atoms with Crippen molar-refractivity contribution in [1.82, 2.24) is 0 Å². The normalized spacial score (nSPS) is 18.5. The lowest BCUT2D eigenvalue weighted by atomic mass is 9.42. The van der Waals surface area contributed by atoms with Crippen molar-refractivity contribution in [2.45, 2.75) is 129 Å². The quantitative estimate of drug-likeness (QED) is 0.162. The Balaban J connectivity index is 1.22. The molecule has 2 aromatic heterocycles. The van der Waals surface area contributed by atoms with Gasteiger partial charge in [-0.2, -0.15) is 0 Å². The third-order valence-corrected chi connectivity index (χ3v) is 17.1. The van der Waals surface area contributed by atoms with Crippen molar-refractivity contribution in [2.75, 3.05) is 9.71 Å². The molecule has 13 rings (SSSR count). The summed E-state index contributed by atoms with van der Waals surface area (Å²) in [5.41, 5.74) is 21.9. The van der Waals surface area contributed by atoms with E-state index in [9.17, 15) is 0 Å². The van der Waals surface area contributed by atoms with Gasteiger partial charge in [0.2, 0.25) is 0 Å². The van der Waals surface area contributed by atoms with Gasteiger partial charge in [-0.25, -0.2) is 0 Å². The number of hydrogen-bond acceptors (Lipinski definition) is 4. The average molecular weight is 877 g/mol. The summed E-state index contributed by atoms with van der Waals surface area (Å²) >= 11 is 0. The van der Waals surface area contributed by atoms with Gasteiger partial charge in [-0.05, 0) is 146 Å². The van der Waals surface area contributed by atoms with Gasteiger partial charge in [0.05, 0.1) is 0 Å². The summed E-state index contributed by atoms with van der Waals surface area (Å²) in [6, 6.07) is 46.5. The minimum absolute atomic E-state index is 0.00410. The molecule has 0 unspecified atom stereocenters. The molecule has 0 spiro atoms. The molecule has 0 saturated heterocycles. The summed E-state index contributed by atoms with van der Waals surface area (Å²) in [5.74, 6) is 0. The fourth-order valence-corrected chi connectivity index (χ4v) is 12.9. The Morgan fingerprint density at radius 2 is 1.04 bits per heavy atom.